The second-order valence-electron chi connectivity index (χ2n) is 4.34. The van der Waals surface area contributed by atoms with Gasteiger partial charge in [0.25, 0.3) is 0 Å². The second kappa shape index (κ2) is 3.81. The molecule has 5 heteroatoms. The summed E-state index contributed by atoms with van der Waals surface area (Å²) in [7, 11) is 0. The van der Waals surface area contributed by atoms with Gasteiger partial charge in [0.1, 0.15) is 11.6 Å². The molecule has 1 aliphatic carbocycles. The van der Waals surface area contributed by atoms with E-state index in [0.29, 0.717) is 11.6 Å². The van der Waals surface area contributed by atoms with Gasteiger partial charge in [-0.3, -0.25) is 4.57 Å². The van der Waals surface area contributed by atoms with Crippen molar-refractivity contribution in [2.75, 3.05) is 0 Å². The Morgan fingerprint density at radius 1 is 1.35 bits per heavy atom. The van der Waals surface area contributed by atoms with Crippen molar-refractivity contribution in [1.29, 1.82) is 0 Å². The highest BCUT2D eigenvalue weighted by atomic mass is 35.5. The Kier molecular flexibility index (Phi) is 2.40. The molecule has 1 aromatic heterocycles. The predicted octanol–water partition coefficient (Wildman–Crippen LogP) is 3.25. The largest absolute Gasteiger partial charge is 0.266 e. The summed E-state index contributed by atoms with van der Waals surface area (Å²) in [6.07, 6.45) is 2.14. The summed E-state index contributed by atoms with van der Waals surface area (Å²) >= 11 is 6.02. The molecule has 17 heavy (non-hydrogen) atoms. The third-order valence-corrected chi connectivity index (χ3v) is 3.25. The Bertz CT molecular complexity index is 555. The van der Waals surface area contributed by atoms with E-state index in [-0.39, 0.29) is 11.1 Å². The van der Waals surface area contributed by atoms with Gasteiger partial charge >= 0.3 is 0 Å². The van der Waals surface area contributed by atoms with Gasteiger partial charge < -0.3 is 0 Å². The van der Waals surface area contributed by atoms with Crippen LogP contribution in [-0.2, 0) is 0 Å². The highest BCUT2D eigenvalue weighted by Crippen LogP contribution is 2.41. The summed E-state index contributed by atoms with van der Waals surface area (Å²) in [6.45, 7) is 1.85. The van der Waals surface area contributed by atoms with Gasteiger partial charge in [0, 0.05) is 5.92 Å². The molecule has 3 rings (SSSR count). The molecule has 2 aromatic rings. The maximum absolute atomic E-state index is 13.9. The average molecular weight is 252 g/mol. The molecule has 0 saturated heterocycles. The van der Waals surface area contributed by atoms with Crippen molar-refractivity contribution in [3.8, 4) is 5.69 Å². The maximum atomic E-state index is 13.9. The van der Waals surface area contributed by atoms with Crippen LogP contribution in [0.5, 0.6) is 0 Å². The number of benzene rings is 1. The summed E-state index contributed by atoms with van der Waals surface area (Å²) in [5, 5.41) is 8.12. The van der Waals surface area contributed by atoms with Gasteiger partial charge in [-0.05, 0) is 43.0 Å². The number of rotatable bonds is 2. The molecular weight excluding hydrogens is 241 g/mol. The van der Waals surface area contributed by atoms with Crippen LogP contribution in [0.3, 0.4) is 0 Å². The molecule has 0 spiro atoms. The first-order valence-electron chi connectivity index (χ1n) is 5.55. The van der Waals surface area contributed by atoms with Gasteiger partial charge in [-0.1, -0.05) is 12.1 Å². The van der Waals surface area contributed by atoms with Gasteiger partial charge in [0.2, 0.25) is 5.28 Å². The SMILES string of the molecule is Cc1cccc(F)c1-n1c(Cl)nnc1C1CC1. The molecule has 0 aliphatic heterocycles. The van der Waals surface area contributed by atoms with Crippen LogP contribution in [0.1, 0.15) is 30.1 Å². The van der Waals surface area contributed by atoms with Crippen molar-refractivity contribution >= 4 is 11.6 Å². The quantitative estimate of drug-likeness (QED) is 0.820. The van der Waals surface area contributed by atoms with Crippen LogP contribution in [0.2, 0.25) is 5.28 Å². The highest BCUT2D eigenvalue weighted by molar-refractivity contribution is 6.28. The van der Waals surface area contributed by atoms with E-state index in [4.69, 9.17) is 11.6 Å². The Labute approximate surface area is 103 Å². The molecule has 0 bridgehead atoms. The first-order valence-corrected chi connectivity index (χ1v) is 5.92. The molecular formula is C12H11ClFN3. The normalized spacial score (nSPS) is 15.2. The van der Waals surface area contributed by atoms with E-state index in [9.17, 15) is 4.39 Å². The topological polar surface area (TPSA) is 30.7 Å². The molecule has 88 valence electrons. The predicted molar refractivity (Wildman–Crippen MR) is 63.0 cm³/mol. The van der Waals surface area contributed by atoms with Crippen molar-refractivity contribution in [2.45, 2.75) is 25.7 Å². The lowest BCUT2D eigenvalue weighted by atomic mass is 10.2. The van der Waals surface area contributed by atoms with Crippen LogP contribution in [0.4, 0.5) is 4.39 Å². The lowest BCUT2D eigenvalue weighted by molar-refractivity contribution is 0.613. The van der Waals surface area contributed by atoms with Crippen molar-refractivity contribution in [2.24, 2.45) is 0 Å². The molecule has 0 unspecified atom stereocenters. The monoisotopic (exact) mass is 251 g/mol. The standard InChI is InChI=1S/C12H11ClFN3/c1-7-3-2-4-9(14)10(7)17-11(8-5-6-8)15-16-12(17)13/h2-4,8H,5-6H2,1H3. The van der Waals surface area contributed by atoms with Crippen LogP contribution < -0.4 is 0 Å². The molecule has 1 fully saturated rings. The average Bonchev–Trinajstić information content (AvgIpc) is 3.05. The number of hydrogen-bond acceptors (Lipinski definition) is 2. The van der Waals surface area contributed by atoms with E-state index in [1.807, 2.05) is 13.0 Å². The number of aromatic nitrogens is 3. The summed E-state index contributed by atoms with van der Waals surface area (Å²) in [6, 6.07) is 4.96. The van der Waals surface area contributed by atoms with Crippen LogP contribution >= 0.6 is 11.6 Å². The Morgan fingerprint density at radius 2 is 2.12 bits per heavy atom. The number of para-hydroxylation sites is 1. The fourth-order valence-corrected chi connectivity index (χ4v) is 2.20. The Balaban J connectivity index is 2.24. The minimum Gasteiger partial charge on any atom is -0.266 e. The molecule has 3 nitrogen and oxygen atoms in total. The molecule has 0 radical (unpaired) electrons. The Hall–Kier alpha value is -1.42. The van der Waals surface area contributed by atoms with Crippen molar-refractivity contribution in [3.63, 3.8) is 0 Å². The van der Waals surface area contributed by atoms with Crippen molar-refractivity contribution in [1.82, 2.24) is 14.8 Å². The van der Waals surface area contributed by atoms with Crippen LogP contribution in [0.25, 0.3) is 5.69 Å². The number of nitrogens with zero attached hydrogens (tertiary/aromatic N) is 3. The first kappa shape index (κ1) is 10.7. The van der Waals surface area contributed by atoms with Crippen molar-refractivity contribution < 1.29 is 4.39 Å². The lowest BCUT2D eigenvalue weighted by Crippen LogP contribution is -2.05. The summed E-state index contributed by atoms with van der Waals surface area (Å²) in [5.41, 5.74) is 1.29. The van der Waals surface area contributed by atoms with Crippen LogP contribution in [-0.4, -0.2) is 14.8 Å². The van der Waals surface area contributed by atoms with E-state index >= 15 is 0 Å². The smallest absolute Gasteiger partial charge is 0.229 e. The molecule has 0 amide bonds. The van der Waals surface area contributed by atoms with E-state index in [0.717, 1.165) is 24.2 Å². The van der Waals surface area contributed by atoms with Crippen LogP contribution in [0.15, 0.2) is 18.2 Å². The van der Waals surface area contributed by atoms with Crippen LogP contribution in [0, 0.1) is 12.7 Å². The maximum Gasteiger partial charge on any atom is 0.229 e. The molecule has 0 N–H and O–H groups in total. The zero-order valence-corrected chi connectivity index (χ0v) is 10.1. The third kappa shape index (κ3) is 1.72. The molecule has 1 heterocycles. The van der Waals surface area contributed by atoms with E-state index in [2.05, 4.69) is 10.2 Å². The molecule has 0 atom stereocenters. The summed E-state index contributed by atoms with van der Waals surface area (Å²) in [5.74, 6) is 0.839. The van der Waals surface area contributed by atoms with E-state index in [1.165, 1.54) is 6.07 Å². The lowest BCUT2D eigenvalue weighted by Gasteiger charge is -2.11. The third-order valence-electron chi connectivity index (χ3n) is 3.00. The number of hydrogen-bond donors (Lipinski definition) is 0. The zero-order valence-electron chi connectivity index (χ0n) is 9.32. The molecule has 1 saturated carbocycles. The van der Waals surface area contributed by atoms with Gasteiger partial charge in [-0.15, -0.1) is 10.2 Å². The zero-order chi connectivity index (χ0) is 12.0. The minimum atomic E-state index is -0.298. The van der Waals surface area contributed by atoms with Crippen molar-refractivity contribution in [3.05, 3.63) is 40.7 Å². The fraction of sp³-hybridized carbons (Fsp3) is 0.333. The first-order chi connectivity index (χ1) is 8.18. The van der Waals surface area contributed by atoms with E-state index in [1.54, 1.807) is 10.6 Å². The summed E-state index contributed by atoms with van der Waals surface area (Å²) in [4.78, 5) is 0. The number of halogens is 2. The van der Waals surface area contributed by atoms with E-state index < -0.39 is 0 Å². The van der Waals surface area contributed by atoms with Gasteiger partial charge in [-0.25, -0.2) is 4.39 Å². The summed E-state index contributed by atoms with van der Waals surface area (Å²) < 4.78 is 15.6. The van der Waals surface area contributed by atoms with Gasteiger partial charge in [-0.2, -0.15) is 0 Å². The highest BCUT2D eigenvalue weighted by Gasteiger charge is 2.31. The van der Waals surface area contributed by atoms with Gasteiger partial charge in [0.15, 0.2) is 0 Å². The fourth-order valence-electron chi connectivity index (χ4n) is 2.00. The Morgan fingerprint density at radius 3 is 2.76 bits per heavy atom. The molecule has 1 aliphatic rings. The van der Waals surface area contributed by atoms with Gasteiger partial charge in [0.05, 0.1) is 5.69 Å². The number of aryl methyl sites for hydroxylation is 1. The molecule has 1 aromatic carbocycles. The minimum absolute atomic E-state index is 0.222. The second-order valence-corrected chi connectivity index (χ2v) is 4.68.